The predicted octanol–water partition coefficient (Wildman–Crippen LogP) is 1.99. The maximum atomic E-state index is 11.5. The second-order valence-electron chi connectivity index (χ2n) is 3.96. The van der Waals surface area contributed by atoms with Gasteiger partial charge in [0.25, 0.3) is 0 Å². The van der Waals surface area contributed by atoms with Crippen molar-refractivity contribution in [2.45, 2.75) is 19.9 Å². The van der Waals surface area contributed by atoms with Crippen LogP contribution in [0.15, 0.2) is 22.9 Å². The molecule has 1 rings (SSSR count). The van der Waals surface area contributed by atoms with Crippen LogP contribution in [-0.2, 0) is 9.59 Å². The van der Waals surface area contributed by atoms with Crippen LogP contribution in [0.5, 0.6) is 0 Å². The molecule has 1 atom stereocenters. The van der Waals surface area contributed by atoms with E-state index in [0.717, 1.165) is 5.56 Å². The van der Waals surface area contributed by atoms with Crippen molar-refractivity contribution in [2.75, 3.05) is 0 Å². The molecule has 0 bridgehead atoms. The predicted molar refractivity (Wildman–Crippen MR) is 67.8 cm³/mol. The minimum absolute atomic E-state index is 0.147. The highest BCUT2D eigenvalue weighted by atomic mass is 32.1. The zero-order valence-corrected chi connectivity index (χ0v) is 10.5. The molecular weight excluding hydrogens is 238 g/mol. The first kappa shape index (κ1) is 13.4. The third kappa shape index (κ3) is 4.40. The number of aliphatic carboxylic acids is 1. The molecule has 0 aromatic carbocycles. The summed E-state index contributed by atoms with van der Waals surface area (Å²) in [5, 5.41) is 15.2. The standard InChI is InChI=1S/C12H15NO3S/c1-8(2)11(12(15)16)13-10(14)4-3-9-5-6-17-7-9/h3-8,11H,1-2H3,(H,13,14)(H,15,16). The van der Waals surface area contributed by atoms with E-state index in [4.69, 9.17) is 5.11 Å². The van der Waals surface area contributed by atoms with Crippen molar-refractivity contribution < 1.29 is 14.7 Å². The van der Waals surface area contributed by atoms with Crippen molar-refractivity contribution in [3.05, 3.63) is 28.5 Å². The highest BCUT2D eigenvalue weighted by Crippen LogP contribution is 2.07. The topological polar surface area (TPSA) is 66.4 Å². The van der Waals surface area contributed by atoms with Crippen LogP contribution in [0, 0.1) is 5.92 Å². The molecule has 17 heavy (non-hydrogen) atoms. The number of carbonyl (C=O) groups is 2. The van der Waals surface area contributed by atoms with Crippen molar-refractivity contribution in [1.82, 2.24) is 5.32 Å². The zero-order chi connectivity index (χ0) is 12.8. The summed E-state index contributed by atoms with van der Waals surface area (Å²) in [7, 11) is 0. The molecular formula is C12H15NO3S. The van der Waals surface area contributed by atoms with Gasteiger partial charge in [-0.1, -0.05) is 13.8 Å². The number of thiophene rings is 1. The highest BCUT2D eigenvalue weighted by Gasteiger charge is 2.22. The van der Waals surface area contributed by atoms with E-state index in [-0.39, 0.29) is 5.92 Å². The lowest BCUT2D eigenvalue weighted by molar-refractivity contribution is -0.142. The van der Waals surface area contributed by atoms with Crippen molar-refractivity contribution >= 4 is 29.3 Å². The molecule has 0 aliphatic rings. The molecule has 1 aromatic heterocycles. The Bertz CT molecular complexity index is 409. The molecule has 5 heteroatoms. The fourth-order valence-corrected chi connectivity index (χ4v) is 1.89. The number of carboxylic acid groups (broad SMARTS) is 1. The molecule has 0 saturated carbocycles. The average Bonchev–Trinajstić information content (AvgIpc) is 2.74. The molecule has 1 amide bonds. The summed E-state index contributed by atoms with van der Waals surface area (Å²) < 4.78 is 0. The third-order valence-corrected chi connectivity index (χ3v) is 2.90. The SMILES string of the molecule is CC(C)C(NC(=O)C=Cc1ccsc1)C(=O)O. The van der Waals surface area contributed by atoms with Crippen LogP contribution < -0.4 is 5.32 Å². The van der Waals surface area contributed by atoms with Gasteiger partial charge in [0, 0.05) is 6.08 Å². The quantitative estimate of drug-likeness (QED) is 0.789. The molecule has 0 fully saturated rings. The number of rotatable bonds is 5. The van der Waals surface area contributed by atoms with Crippen LogP contribution >= 0.6 is 11.3 Å². The molecule has 0 aliphatic carbocycles. The third-order valence-electron chi connectivity index (χ3n) is 2.20. The van der Waals surface area contributed by atoms with Gasteiger partial charge < -0.3 is 10.4 Å². The first-order valence-corrected chi connectivity index (χ1v) is 6.18. The Hall–Kier alpha value is -1.62. The molecule has 2 N–H and O–H groups in total. The Morgan fingerprint density at radius 3 is 2.65 bits per heavy atom. The van der Waals surface area contributed by atoms with Crippen molar-refractivity contribution in [3.8, 4) is 0 Å². The first-order chi connectivity index (χ1) is 8.00. The van der Waals surface area contributed by atoms with Crippen LogP contribution in [-0.4, -0.2) is 23.0 Å². The van der Waals surface area contributed by atoms with Gasteiger partial charge in [-0.3, -0.25) is 4.79 Å². The second kappa shape index (κ2) is 6.20. The number of carboxylic acids is 1. The number of nitrogens with one attached hydrogen (secondary N) is 1. The van der Waals surface area contributed by atoms with Crippen molar-refractivity contribution in [2.24, 2.45) is 5.92 Å². The maximum absolute atomic E-state index is 11.5. The Morgan fingerprint density at radius 1 is 1.47 bits per heavy atom. The Kier molecular flexibility index (Phi) is 4.90. The van der Waals surface area contributed by atoms with E-state index in [1.807, 2.05) is 16.8 Å². The van der Waals surface area contributed by atoms with E-state index in [1.54, 1.807) is 19.9 Å². The lowest BCUT2D eigenvalue weighted by Crippen LogP contribution is -2.43. The Labute approximate surface area is 104 Å². The fraction of sp³-hybridized carbons (Fsp3) is 0.333. The van der Waals surface area contributed by atoms with Gasteiger partial charge in [-0.2, -0.15) is 11.3 Å². The second-order valence-corrected chi connectivity index (χ2v) is 4.74. The summed E-state index contributed by atoms with van der Waals surface area (Å²) in [5.41, 5.74) is 0.932. The van der Waals surface area contributed by atoms with E-state index in [9.17, 15) is 9.59 Å². The molecule has 0 radical (unpaired) electrons. The lowest BCUT2D eigenvalue weighted by Gasteiger charge is -2.16. The van der Waals surface area contributed by atoms with Gasteiger partial charge in [0.1, 0.15) is 6.04 Å². The molecule has 0 spiro atoms. The Balaban J connectivity index is 2.56. The van der Waals surface area contributed by atoms with Crippen LogP contribution in [0.2, 0.25) is 0 Å². The minimum atomic E-state index is -1.02. The maximum Gasteiger partial charge on any atom is 0.326 e. The van der Waals surface area contributed by atoms with Gasteiger partial charge in [-0.15, -0.1) is 0 Å². The van der Waals surface area contributed by atoms with Gasteiger partial charge in [-0.25, -0.2) is 4.79 Å². The van der Waals surface area contributed by atoms with E-state index in [1.165, 1.54) is 17.4 Å². The summed E-state index contributed by atoms with van der Waals surface area (Å²) in [6, 6.07) is 1.03. The molecule has 1 unspecified atom stereocenters. The normalized spacial score (nSPS) is 12.9. The van der Waals surface area contributed by atoms with Crippen molar-refractivity contribution in [3.63, 3.8) is 0 Å². The van der Waals surface area contributed by atoms with Gasteiger partial charge in [0.15, 0.2) is 0 Å². The van der Waals surface area contributed by atoms with E-state index in [0.29, 0.717) is 0 Å². The summed E-state index contributed by atoms with van der Waals surface area (Å²) in [6.07, 6.45) is 3.01. The molecule has 1 aromatic rings. The van der Waals surface area contributed by atoms with Gasteiger partial charge in [0.05, 0.1) is 0 Å². The summed E-state index contributed by atoms with van der Waals surface area (Å²) in [5.74, 6) is -1.56. The summed E-state index contributed by atoms with van der Waals surface area (Å²) in [4.78, 5) is 22.4. The molecule has 4 nitrogen and oxygen atoms in total. The summed E-state index contributed by atoms with van der Waals surface area (Å²) >= 11 is 1.54. The highest BCUT2D eigenvalue weighted by molar-refractivity contribution is 7.08. The monoisotopic (exact) mass is 253 g/mol. The molecule has 1 heterocycles. The molecule has 0 aliphatic heterocycles. The van der Waals surface area contributed by atoms with Gasteiger partial charge >= 0.3 is 5.97 Å². The lowest BCUT2D eigenvalue weighted by atomic mass is 10.0. The Morgan fingerprint density at radius 2 is 2.18 bits per heavy atom. The van der Waals surface area contributed by atoms with Gasteiger partial charge in [0.2, 0.25) is 5.91 Å². The van der Waals surface area contributed by atoms with Crippen LogP contribution in [0.3, 0.4) is 0 Å². The van der Waals surface area contributed by atoms with Crippen LogP contribution in [0.1, 0.15) is 19.4 Å². The van der Waals surface area contributed by atoms with E-state index < -0.39 is 17.9 Å². The number of hydrogen-bond acceptors (Lipinski definition) is 3. The fourth-order valence-electron chi connectivity index (χ4n) is 1.26. The smallest absolute Gasteiger partial charge is 0.326 e. The number of carbonyl (C=O) groups excluding carboxylic acids is 1. The van der Waals surface area contributed by atoms with Crippen LogP contribution in [0.25, 0.3) is 6.08 Å². The zero-order valence-electron chi connectivity index (χ0n) is 9.71. The van der Waals surface area contributed by atoms with Crippen molar-refractivity contribution in [1.29, 1.82) is 0 Å². The van der Waals surface area contributed by atoms with E-state index in [2.05, 4.69) is 5.32 Å². The van der Waals surface area contributed by atoms with Gasteiger partial charge in [-0.05, 0) is 34.4 Å². The minimum Gasteiger partial charge on any atom is -0.480 e. The molecule has 0 saturated heterocycles. The summed E-state index contributed by atoms with van der Waals surface area (Å²) in [6.45, 7) is 3.50. The van der Waals surface area contributed by atoms with Crippen LogP contribution in [0.4, 0.5) is 0 Å². The number of amides is 1. The van der Waals surface area contributed by atoms with E-state index >= 15 is 0 Å². The average molecular weight is 253 g/mol. The number of hydrogen-bond donors (Lipinski definition) is 2. The molecule has 92 valence electrons. The first-order valence-electron chi connectivity index (χ1n) is 5.24. The largest absolute Gasteiger partial charge is 0.480 e.